The highest BCUT2D eigenvalue weighted by atomic mass is 32.2. The lowest BCUT2D eigenvalue weighted by Crippen LogP contribution is -2.36. The molecule has 0 aromatic carbocycles. The summed E-state index contributed by atoms with van der Waals surface area (Å²) in [7, 11) is -1.04. The van der Waals surface area contributed by atoms with Gasteiger partial charge in [-0.05, 0) is 6.92 Å². The van der Waals surface area contributed by atoms with E-state index in [-0.39, 0.29) is 0 Å². The van der Waals surface area contributed by atoms with Gasteiger partial charge in [-0.3, -0.25) is 4.79 Å². The molecule has 0 heterocycles. The molecule has 0 aromatic heterocycles. The molecule has 1 N–H and O–H groups in total. The lowest BCUT2D eigenvalue weighted by molar-refractivity contribution is -0.136. The lowest BCUT2D eigenvalue weighted by atomic mass is 10.5. The molecular weight excluding hydrogens is 170 g/mol. The van der Waals surface area contributed by atoms with Crippen LogP contribution in [0.25, 0.3) is 0 Å². The predicted molar refractivity (Wildman–Crippen MR) is 39.7 cm³/mol. The van der Waals surface area contributed by atoms with Gasteiger partial charge in [0.05, 0.1) is 0 Å². The van der Waals surface area contributed by atoms with Crippen LogP contribution in [0.1, 0.15) is 6.92 Å². The van der Waals surface area contributed by atoms with Gasteiger partial charge in [-0.15, -0.1) is 0 Å². The van der Waals surface area contributed by atoms with Crippen LogP contribution < -0.4 is 0 Å². The maximum absolute atomic E-state index is 11.0. The molecule has 0 spiro atoms. The van der Waals surface area contributed by atoms with E-state index in [0.717, 1.165) is 11.2 Å². The van der Waals surface area contributed by atoms with Crippen molar-refractivity contribution in [2.24, 2.45) is 0 Å². The van der Waals surface area contributed by atoms with E-state index in [0.29, 0.717) is 0 Å². The van der Waals surface area contributed by atoms with Crippen molar-refractivity contribution in [3.8, 4) is 0 Å². The summed E-state index contributed by atoms with van der Waals surface area (Å²) >= 11 is 0. The average Bonchev–Trinajstić information content (AvgIpc) is 1.85. The van der Waals surface area contributed by atoms with Gasteiger partial charge >= 0.3 is 5.97 Å². The first-order valence-electron chi connectivity index (χ1n) is 2.94. The van der Waals surface area contributed by atoms with Crippen molar-refractivity contribution in [1.29, 1.82) is 0 Å². The Bertz CT molecular complexity index is 243. The summed E-state index contributed by atoms with van der Waals surface area (Å²) in [5, 5.41) is 6.98. The number of carboxylic acid groups (broad SMARTS) is 1. The minimum absolute atomic E-state index is 0.895. The molecule has 0 saturated heterocycles. The molecule has 0 radical (unpaired) electrons. The van der Waals surface area contributed by atoms with Gasteiger partial charge < -0.3 is 5.11 Å². The molecule has 5 nitrogen and oxygen atoms in total. The number of hydrogen-bond acceptors (Lipinski definition) is 3. The number of aliphatic carboxylic acids is 1. The zero-order chi connectivity index (χ0) is 9.23. The normalized spacial score (nSPS) is 14.9. The lowest BCUT2D eigenvalue weighted by Gasteiger charge is -2.13. The largest absolute Gasteiger partial charge is 0.480 e. The molecule has 0 bridgehead atoms. The first-order valence-corrected chi connectivity index (χ1v) is 4.44. The topological polar surface area (TPSA) is 74.7 Å². The number of nitrogens with zero attached hydrogens (tertiary/aromatic N) is 1. The first kappa shape index (κ1) is 10.4. The van der Waals surface area contributed by atoms with Crippen molar-refractivity contribution in [1.82, 2.24) is 4.31 Å². The third-order valence-corrected chi connectivity index (χ3v) is 3.42. The van der Waals surface area contributed by atoms with Crippen molar-refractivity contribution in [3.63, 3.8) is 0 Å². The Kier molecular flexibility index (Phi) is 3.01. The van der Waals surface area contributed by atoms with Gasteiger partial charge in [0.15, 0.2) is 5.25 Å². The zero-order valence-electron chi connectivity index (χ0n) is 6.60. The highest BCUT2D eigenvalue weighted by Crippen LogP contribution is 2.03. The molecule has 0 fully saturated rings. The Labute approximate surface area is 65.7 Å². The maximum atomic E-state index is 11.0. The van der Waals surface area contributed by atoms with Gasteiger partial charge in [0.1, 0.15) is 0 Å². The molecule has 0 aromatic rings. The Balaban J connectivity index is 4.72. The van der Waals surface area contributed by atoms with Crippen LogP contribution in [0.2, 0.25) is 0 Å². The van der Waals surface area contributed by atoms with Crippen molar-refractivity contribution in [2.75, 3.05) is 14.1 Å². The number of carbonyl (C=O) groups is 1. The molecule has 66 valence electrons. The number of rotatable bonds is 3. The van der Waals surface area contributed by atoms with E-state index in [2.05, 4.69) is 0 Å². The van der Waals surface area contributed by atoms with Crippen LogP contribution in [-0.4, -0.2) is 43.1 Å². The third kappa shape index (κ3) is 2.16. The second kappa shape index (κ2) is 3.19. The zero-order valence-corrected chi connectivity index (χ0v) is 7.42. The van der Waals surface area contributed by atoms with Crippen molar-refractivity contribution in [3.05, 3.63) is 0 Å². The minimum atomic E-state index is -3.64. The third-order valence-electron chi connectivity index (χ3n) is 1.30. The molecule has 6 heteroatoms. The summed E-state index contributed by atoms with van der Waals surface area (Å²) in [5.74, 6) is -1.33. The fourth-order valence-electron chi connectivity index (χ4n) is 0.444. The highest BCUT2D eigenvalue weighted by molar-refractivity contribution is 7.90. The second-order valence-corrected chi connectivity index (χ2v) is 4.78. The Morgan fingerprint density at radius 3 is 1.91 bits per heavy atom. The SMILES string of the molecule is CC(C(=O)O)S(=O)(=O)N(C)C. The molecule has 1 atom stereocenters. The molecule has 0 aliphatic rings. The van der Waals surface area contributed by atoms with E-state index >= 15 is 0 Å². The molecule has 0 aliphatic carbocycles. The van der Waals surface area contributed by atoms with E-state index in [9.17, 15) is 13.2 Å². The van der Waals surface area contributed by atoms with Gasteiger partial charge in [-0.2, -0.15) is 0 Å². The molecular formula is C5H11NO4S. The van der Waals surface area contributed by atoms with Crippen LogP contribution >= 0.6 is 0 Å². The van der Waals surface area contributed by atoms with E-state index in [1.807, 2.05) is 0 Å². The van der Waals surface area contributed by atoms with Crippen LogP contribution in [-0.2, 0) is 14.8 Å². The van der Waals surface area contributed by atoms with Crippen LogP contribution in [0, 0.1) is 0 Å². The van der Waals surface area contributed by atoms with Crippen LogP contribution in [0.3, 0.4) is 0 Å². The van der Waals surface area contributed by atoms with Gasteiger partial charge in [0.25, 0.3) is 0 Å². The highest BCUT2D eigenvalue weighted by Gasteiger charge is 2.29. The Morgan fingerprint density at radius 1 is 1.45 bits per heavy atom. The fraction of sp³-hybridized carbons (Fsp3) is 0.800. The monoisotopic (exact) mass is 181 g/mol. The number of sulfonamides is 1. The van der Waals surface area contributed by atoms with Crippen LogP contribution in [0.5, 0.6) is 0 Å². The molecule has 0 amide bonds. The summed E-state index contributed by atoms with van der Waals surface area (Å²) in [6.07, 6.45) is 0. The van der Waals surface area contributed by atoms with Crippen molar-refractivity contribution >= 4 is 16.0 Å². The van der Waals surface area contributed by atoms with E-state index in [1.54, 1.807) is 0 Å². The number of hydrogen-bond donors (Lipinski definition) is 1. The van der Waals surface area contributed by atoms with E-state index in [1.165, 1.54) is 14.1 Å². The van der Waals surface area contributed by atoms with Gasteiger partial charge in [0, 0.05) is 14.1 Å². The van der Waals surface area contributed by atoms with Crippen LogP contribution in [0.15, 0.2) is 0 Å². The standard InChI is InChI=1S/C5H11NO4S/c1-4(5(7)8)11(9,10)6(2)3/h4H,1-3H3,(H,7,8). The second-order valence-electron chi connectivity index (χ2n) is 2.31. The molecule has 0 saturated carbocycles. The Morgan fingerprint density at radius 2 is 1.82 bits per heavy atom. The molecule has 0 aliphatic heterocycles. The van der Waals surface area contributed by atoms with Crippen LogP contribution in [0.4, 0.5) is 0 Å². The predicted octanol–water partition coefficient (Wildman–Crippen LogP) is -0.649. The first-order chi connectivity index (χ1) is 4.80. The average molecular weight is 181 g/mol. The summed E-state index contributed by atoms with van der Waals surface area (Å²) in [6.45, 7) is 1.14. The van der Waals surface area contributed by atoms with Gasteiger partial charge in [0.2, 0.25) is 10.0 Å². The quantitative estimate of drug-likeness (QED) is 0.628. The summed E-state index contributed by atoms with van der Waals surface area (Å²) < 4.78 is 22.9. The van der Waals surface area contributed by atoms with Crippen molar-refractivity contribution < 1.29 is 18.3 Å². The summed E-state index contributed by atoms with van der Waals surface area (Å²) in [4.78, 5) is 10.2. The molecule has 0 rings (SSSR count). The summed E-state index contributed by atoms with van der Waals surface area (Å²) in [5.41, 5.74) is 0. The van der Waals surface area contributed by atoms with Gasteiger partial charge in [-0.25, -0.2) is 12.7 Å². The number of carboxylic acids is 1. The summed E-state index contributed by atoms with van der Waals surface area (Å²) in [6, 6.07) is 0. The Hall–Kier alpha value is -0.620. The molecule has 11 heavy (non-hydrogen) atoms. The maximum Gasteiger partial charge on any atom is 0.323 e. The smallest absolute Gasteiger partial charge is 0.323 e. The van der Waals surface area contributed by atoms with E-state index in [4.69, 9.17) is 5.11 Å². The van der Waals surface area contributed by atoms with Crippen molar-refractivity contribution in [2.45, 2.75) is 12.2 Å². The fourth-order valence-corrected chi connectivity index (χ4v) is 1.33. The van der Waals surface area contributed by atoms with Gasteiger partial charge in [-0.1, -0.05) is 0 Å². The molecule has 1 unspecified atom stereocenters. The van der Waals surface area contributed by atoms with E-state index < -0.39 is 21.2 Å². The minimum Gasteiger partial charge on any atom is -0.480 e.